The molecule has 0 aliphatic carbocycles. The van der Waals surface area contributed by atoms with E-state index >= 15 is 0 Å². The predicted molar refractivity (Wildman–Crippen MR) is 191 cm³/mol. The molecule has 0 aromatic heterocycles. The maximum atomic E-state index is 13.2. The molecule has 2 N–H and O–H groups in total. The van der Waals surface area contributed by atoms with Gasteiger partial charge in [0.2, 0.25) is 0 Å². The van der Waals surface area contributed by atoms with Gasteiger partial charge in [0.25, 0.3) is 20.2 Å². The first kappa shape index (κ1) is 47.7. The van der Waals surface area contributed by atoms with Crippen molar-refractivity contribution in [3.05, 3.63) is 109 Å². The zero-order valence-electron chi connectivity index (χ0n) is 29.3. The molecule has 0 heterocycles. The van der Waals surface area contributed by atoms with Crippen molar-refractivity contribution in [2.45, 2.75) is 29.4 Å². The molecule has 0 unspecified atom stereocenters. The predicted octanol–water partition coefficient (Wildman–Crippen LogP) is -2.49. The van der Waals surface area contributed by atoms with E-state index in [-0.39, 0.29) is 80.7 Å². The number of rotatable bonds is 11. The van der Waals surface area contributed by atoms with Gasteiger partial charge >= 0.3 is 79.4 Å². The van der Waals surface area contributed by atoms with Crippen LogP contribution in [-0.2, 0) is 60.7 Å². The molecule has 0 amide bonds. The van der Waals surface area contributed by atoms with Gasteiger partial charge in [0, 0.05) is 0 Å². The molecule has 0 aliphatic rings. The molecule has 294 valence electrons. The van der Waals surface area contributed by atoms with Gasteiger partial charge in [0.05, 0.1) is 9.79 Å². The Morgan fingerprint density at radius 1 is 0.379 bits per heavy atom. The number of hydrogen-bond acceptors (Lipinski definition) is 16. The SMILES string of the molecule is O=S(=O)([O-])c1ccc2cc(OS(=O)(=O)c3ccc(-c4ccc(S(=O)(=O)Oc5cc6ccc(S(=O)(=O)[O-])cc6cc5S(=O)(=O)O)cc4)cc3)c(S(=O)(=O)O)cc2c1.[Na+].[Na+]. The van der Waals surface area contributed by atoms with Crippen LogP contribution in [0, 0.1) is 0 Å². The van der Waals surface area contributed by atoms with Crippen molar-refractivity contribution in [2.24, 2.45) is 0 Å². The summed E-state index contributed by atoms with van der Waals surface area (Å²) in [6.45, 7) is 0. The zero-order valence-corrected chi connectivity index (χ0v) is 38.2. The third kappa shape index (κ3) is 10.5. The van der Waals surface area contributed by atoms with Gasteiger partial charge in [-0.25, -0.2) is 16.8 Å². The second-order valence-electron chi connectivity index (χ2n) is 11.6. The molecule has 26 heteroatoms. The van der Waals surface area contributed by atoms with Gasteiger partial charge in [-0.3, -0.25) is 9.11 Å². The Kier molecular flexibility index (Phi) is 13.8. The first-order chi connectivity index (χ1) is 25.7. The van der Waals surface area contributed by atoms with E-state index in [0.717, 1.165) is 84.9 Å². The summed E-state index contributed by atoms with van der Waals surface area (Å²) in [6.07, 6.45) is 0. The largest absolute Gasteiger partial charge is 1.00 e. The number of fused-ring (bicyclic) bond motifs is 2. The summed E-state index contributed by atoms with van der Waals surface area (Å²) in [6, 6.07) is 18.2. The molecule has 6 aromatic carbocycles. The minimum Gasteiger partial charge on any atom is -0.744 e. The van der Waals surface area contributed by atoms with Crippen molar-refractivity contribution >= 4 is 82.3 Å². The molecule has 18 nitrogen and oxygen atoms in total. The Hall–Kier alpha value is -3.02. The van der Waals surface area contributed by atoms with Crippen LogP contribution in [0.5, 0.6) is 11.5 Å². The van der Waals surface area contributed by atoms with Crippen LogP contribution in [0.3, 0.4) is 0 Å². The van der Waals surface area contributed by atoms with E-state index in [9.17, 15) is 68.7 Å². The first-order valence-electron chi connectivity index (χ1n) is 14.8. The Bertz CT molecular complexity index is 3080. The molecule has 0 bridgehead atoms. The van der Waals surface area contributed by atoms with Crippen molar-refractivity contribution in [1.29, 1.82) is 0 Å². The average molecular weight is 931 g/mol. The summed E-state index contributed by atoms with van der Waals surface area (Å²) >= 11 is 0. The molecule has 0 fully saturated rings. The van der Waals surface area contributed by atoms with E-state index in [4.69, 9.17) is 8.37 Å². The normalized spacial score (nSPS) is 12.7. The fourth-order valence-corrected chi connectivity index (χ4v) is 9.53. The van der Waals surface area contributed by atoms with Crippen LogP contribution in [0.15, 0.2) is 139 Å². The van der Waals surface area contributed by atoms with Crippen LogP contribution in [0.25, 0.3) is 32.7 Å². The monoisotopic (exact) mass is 930 g/mol. The van der Waals surface area contributed by atoms with Gasteiger partial charge < -0.3 is 17.5 Å². The van der Waals surface area contributed by atoms with Crippen LogP contribution < -0.4 is 67.5 Å². The van der Waals surface area contributed by atoms with Crippen LogP contribution in [0.1, 0.15) is 0 Å². The summed E-state index contributed by atoms with van der Waals surface area (Å²) in [4.78, 5) is -4.53. The molecule has 0 radical (unpaired) electrons. The number of benzene rings is 6. The third-order valence-electron chi connectivity index (χ3n) is 7.90. The Morgan fingerprint density at radius 2 is 0.672 bits per heavy atom. The minimum atomic E-state index is -5.16. The smallest absolute Gasteiger partial charge is 0.744 e. The molecule has 0 spiro atoms. The topological polar surface area (TPSA) is 310 Å². The molecule has 0 atom stereocenters. The van der Waals surface area contributed by atoms with Gasteiger partial charge in [-0.1, -0.05) is 36.4 Å². The molecule has 0 saturated carbocycles. The van der Waals surface area contributed by atoms with Crippen molar-refractivity contribution in [3.63, 3.8) is 0 Å². The standard InChI is InChI=1S/C32H22O18S6.2Na/c33-51(34,35)27-11-5-21-15-29(31(53(39,40)41)17-23(21)13-27)49-55(45,46)25-7-1-19(2-8-25)20-3-9-26(10-4-20)56(47,48)50-30-16-22-6-12-28(52(36,37)38)14-24(22)18-32(30)54(42,43)44;;/h1-18H,(H,33,34,35)(H,36,37,38)(H,39,40,41)(H,42,43,44);;/q;2*+1/p-2. The van der Waals surface area contributed by atoms with E-state index in [1.807, 2.05) is 0 Å². The van der Waals surface area contributed by atoms with E-state index in [2.05, 4.69) is 0 Å². The molecule has 6 rings (SSSR count). The molecule has 0 aliphatic heterocycles. The quantitative estimate of drug-likeness (QED) is 0.0771. The van der Waals surface area contributed by atoms with Gasteiger partial charge in [-0.2, -0.15) is 33.7 Å². The van der Waals surface area contributed by atoms with Crippen molar-refractivity contribution in [2.75, 3.05) is 0 Å². The van der Waals surface area contributed by atoms with E-state index in [0.29, 0.717) is 11.1 Å². The van der Waals surface area contributed by atoms with E-state index in [1.165, 1.54) is 24.3 Å². The zero-order chi connectivity index (χ0) is 41.2. The second-order valence-corrected chi connectivity index (χ2v) is 20.2. The summed E-state index contributed by atoms with van der Waals surface area (Å²) < 4.78 is 199. The van der Waals surface area contributed by atoms with E-state index in [1.54, 1.807) is 0 Å². The fraction of sp³-hybridized carbons (Fsp3) is 0. The van der Waals surface area contributed by atoms with Crippen LogP contribution in [0.2, 0.25) is 0 Å². The second kappa shape index (κ2) is 16.8. The van der Waals surface area contributed by atoms with Crippen LogP contribution in [0.4, 0.5) is 0 Å². The fourth-order valence-electron chi connectivity index (χ4n) is 5.27. The molecular weight excluding hydrogens is 911 g/mol. The van der Waals surface area contributed by atoms with Gasteiger partial charge in [-0.05, 0) is 105 Å². The summed E-state index contributed by atoms with van der Waals surface area (Å²) in [7, 11) is -29.8. The van der Waals surface area contributed by atoms with Crippen molar-refractivity contribution in [1.82, 2.24) is 0 Å². The Labute approximate surface area is 375 Å². The molecular formula is C32H20Na2O18S6. The van der Waals surface area contributed by atoms with Gasteiger partial charge in [0.1, 0.15) is 39.8 Å². The summed E-state index contributed by atoms with van der Waals surface area (Å²) in [5, 5.41) is -0.204. The maximum Gasteiger partial charge on any atom is 1.00 e. The van der Waals surface area contributed by atoms with Gasteiger partial charge in [0.15, 0.2) is 11.5 Å². The summed E-state index contributed by atoms with van der Waals surface area (Å²) in [5.74, 6) is -1.70. The van der Waals surface area contributed by atoms with Crippen molar-refractivity contribution in [3.8, 4) is 22.6 Å². The molecule has 58 heavy (non-hydrogen) atoms. The minimum absolute atomic E-state index is 0. The molecule has 6 aromatic rings. The molecule has 0 saturated heterocycles. The Balaban J connectivity index is 0.00000372. The van der Waals surface area contributed by atoms with E-state index < -0.39 is 102 Å². The average Bonchev–Trinajstić information content (AvgIpc) is 3.08. The maximum absolute atomic E-state index is 13.2. The third-order valence-corrected chi connectivity index (χ3v) is 13.8. The van der Waals surface area contributed by atoms with Crippen LogP contribution >= 0.6 is 0 Å². The first-order valence-corrected chi connectivity index (χ1v) is 23.4. The van der Waals surface area contributed by atoms with Crippen molar-refractivity contribution < 1.29 is 136 Å². The summed E-state index contributed by atoms with van der Waals surface area (Å²) in [5.41, 5.74) is 0.648. The Morgan fingerprint density at radius 3 is 0.948 bits per heavy atom. The van der Waals surface area contributed by atoms with Gasteiger partial charge in [-0.15, -0.1) is 0 Å². The van der Waals surface area contributed by atoms with Crippen LogP contribution in [-0.4, -0.2) is 68.7 Å². The number of hydrogen-bond donors (Lipinski definition) is 2.